The minimum atomic E-state index is -4.07. The molecule has 0 saturated heterocycles. The number of sulfonamides is 1. The van der Waals surface area contributed by atoms with Crippen LogP contribution in [-0.4, -0.2) is 60.9 Å². The number of hydrogen-bond donors (Lipinski definition) is 4. The lowest BCUT2D eigenvalue weighted by molar-refractivity contribution is 0.116. The molecule has 5 N–H and O–H groups in total. The van der Waals surface area contributed by atoms with Crippen LogP contribution in [0.25, 0.3) is 0 Å². The van der Waals surface area contributed by atoms with E-state index in [9.17, 15) is 23.4 Å². The summed E-state index contributed by atoms with van der Waals surface area (Å²) < 4.78 is 32.8. The topological polar surface area (TPSA) is 142 Å². The lowest BCUT2D eigenvalue weighted by atomic mass is 10.0. The number of aromatic hydroxyl groups is 1. The number of ether oxygens (including phenoxy) is 1. The number of aliphatic hydroxyl groups is 1. The minimum Gasteiger partial charge on any atom is -0.506 e. The van der Waals surface area contributed by atoms with Gasteiger partial charge in [-0.1, -0.05) is 44.2 Å². The molecule has 2 aromatic carbocycles. The van der Waals surface area contributed by atoms with E-state index in [2.05, 4.69) is 5.32 Å². The first kappa shape index (κ1) is 26.6. The number of anilines is 1. The maximum absolute atomic E-state index is 13.4. The predicted octanol–water partition coefficient (Wildman–Crippen LogP) is 2.54. The van der Waals surface area contributed by atoms with Crippen molar-refractivity contribution in [2.75, 3.05) is 25.0 Å². The van der Waals surface area contributed by atoms with Crippen molar-refractivity contribution in [3.63, 3.8) is 0 Å². The molecule has 0 unspecified atom stereocenters. The number of phenols is 1. The monoisotopic (exact) mass is 479 g/mol. The van der Waals surface area contributed by atoms with Crippen LogP contribution in [0.2, 0.25) is 0 Å². The largest absolute Gasteiger partial charge is 0.506 e. The smallest absolute Gasteiger partial charge is 0.411 e. The van der Waals surface area contributed by atoms with Gasteiger partial charge in [0, 0.05) is 19.1 Å². The molecule has 0 aliphatic carbocycles. The number of aliphatic hydroxyl groups excluding tert-OH is 1. The minimum absolute atomic E-state index is 0.0217. The zero-order chi connectivity index (χ0) is 24.6. The molecular weight excluding hydrogens is 446 g/mol. The Hall–Kier alpha value is -2.66. The van der Waals surface area contributed by atoms with Gasteiger partial charge in [-0.2, -0.15) is 4.31 Å². The van der Waals surface area contributed by atoms with Gasteiger partial charge in [0.05, 0.1) is 23.3 Å². The van der Waals surface area contributed by atoms with Gasteiger partial charge in [0.2, 0.25) is 10.0 Å². The fourth-order valence-electron chi connectivity index (χ4n) is 3.25. The number of carbonyl (C=O) groups excluding carboxylic acids is 1. The Morgan fingerprint density at radius 1 is 1.15 bits per heavy atom. The van der Waals surface area contributed by atoms with Gasteiger partial charge in [-0.25, -0.2) is 13.2 Å². The number of phenolic OH excluding ortho intramolecular Hbond substituents is 1. The Morgan fingerprint density at radius 3 is 2.42 bits per heavy atom. The molecule has 182 valence electrons. The van der Waals surface area contributed by atoms with Crippen molar-refractivity contribution >= 4 is 21.8 Å². The van der Waals surface area contributed by atoms with Crippen LogP contribution in [0.3, 0.4) is 0 Å². The lowest BCUT2D eigenvalue weighted by Crippen LogP contribution is -2.47. The molecule has 0 aliphatic rings. The van der Waals surface area contributed by atoms with Crippen LogP contribution in [0.1, 0.15) is 26.3 Å². The molecule has 0 bridgehead atoms. The standard InChI is InChI=1S/C23H33N3O6S/c1-4-32-23(29)25-20-13-18(10-11-21(20)27)33(30,31)26(14-16(2)3)15-22(28)19(24)12-17-8-6-5-7-9-17/h5-11,13,16,19,22,27-28H,4,12,14-15,24H2,1-3H3,(H,25,29)/t19-,22+/m0/s1. The fourth-order valence-corrected chi connectivity index (χ4v) is 4.89. The van der Waals surface area contributed by atoms with Gasteiger partial charge >= 0.3 is 6.09 Å². The molecule has 0 saturated carbocycles. The van der Waals surface area contributed by atoms with Crippen molar-refractivity contribution in [3.8, 4) is 5.75 Å². The molecule has 0 aliphatic heterocycles. The van der Waals surface area contributed by atoms with Crippen molar-refractivity contribution in [3.05, 3.63) is 54.1 Å². The van der Waals surface area contributed by atoms with Gasteiger partial charge in [0.15, 0.2) is 0 Å². The van der Waals surface area contributed by atoms with E-state index < -0.39 is 28.3 Å². The van der Waals surface area contributed by atoms with Crippen LogP contribution in [0.15, 0.2) is 53.4 Å². The van der Waals surface area contributed by atoms with E-state index in [1.807, 2.05) is 44.2 Å². The number of carbonyl (C=O) groups is 1. The SMILES string of the molecule is CCOC(=O)Nc1cc(S(=O)(=O)N(CC(C)C)C[C@@H](O)[C@@H](N)Cc2ccccc2)ccc1O. The third-order valence-electron chi connectivity index (χ3n) is 4.89. The summed E-state index contributed by atoms with van der Waals surface area (Å²) in [5, 5.41) is 23.1. The highest BCUT2D eigenvalue weighted by Gasteiger charge is 2.30. The van der Waals surface area contributed by atoms with Gasteiger partial charge in [0.1, 0.15) is 5.75 Å². The molecule has 9 nitrogen and oxygen atoms in total. The summed E-state index contributed by atoms with van der Waals surface area (Å²) in [5.41, 5.74) is 7.02. The van der Waals surface area contributed by atoms with Crippen LogP contribution in [0.4, 0.5) is 10.5 Å². The highest BCUT2D eigenvalue weighted by Crippen LogP contribution is 2.28. The van der Waals surface area contributed by atoms with Crippen LogP contribution < -0.4 is 11.1 Å². The lowest BCUT2D eigenvalue weighted by Gasteiger charge is -2.29. The number of nitrogens with zero attached hydrogens (tertiary/aromatic N) is 1. The Morgan fingerprint density at radius 2 is 1.82 bits per heavy atom. The number of benzene rings is 2. The second kappa shape index (κ2) is 12.0. The van der Waals surface area contributed by atoms with E-state index in [1.165, 1.54) is 16.4 Å². The third-order valence-corrected chi connectivity index (χ3v) is 6.71. The average Bonchev–Trinajstić information content (AvgIpc) is 2.75. The van der Waals surface area contributed by atoms with Crippen molar-refractivity contribution in [2.24, 2.45) is 11.7 Å². The Bertz CT molecular complexity index is 1010. The van der Waals surface area contributed by atoms with E-state index >= 15 is 0 Å². The summed E-state index contributed by atoms with van der Waals surface area (Å²) in [6.45, 7) is 5.42. The van der Waals surface area contributed by atoms with Crippen molar-refractivity contribution in [2.45, 2.75) is 44.2 Å². The summed E-state index contributed by atoms with van der Waals surface area (Å²) in [6, 6.07) is 12.3. The molecular formula is C23H33N3O6S. The molecule has 0 spiro atoms. The van der Waals surface area contributed by atoms with E-state index in [0.717, 1.165) is 11.6 Å². The molecule has 2 atom stereocenters. The van der Waals surface area contributed by atoms with Gasteiger partial charge in [-0.15, -0.1) is 0 Å². The van der Waals surface area contributed by atoms with Gasteiger partial charge in [-0.3, -0.25) is 5.32 Å². The molecule has 2 aromatic rings. The number of amides is 1. The van der Waals surface area contributed by atoms with Gasteiger partial charge in [-0.05, 0) is 43.0 Å². The number of nitrogens with one attached hydrogen (secondary N) is 1. The summed E-state index contributed by atoms with van der Waals surface area (Å²) in [5.74, 6) is -0.325. The van der Waals surface area contributed by atoms with E-state index in [-0.39, 0.29) is 41.9 Å². The summed E-state index contributed by atoms with van der Waals surface area (Å²) in [7, 11) is -4.07. The van der Waals surface area contributed by atoms with E-state index in [4.69, 9.17) is 10.5 Å². The first-order valence-electron chi connectivity index (χ1n) is 10.8. The molecule has 0 aromatic heterocycles. The maximum atomic E-state index is 13.4. The number of hydrogen-bond acceptors (Lipinski definition) is 7. The predicted molar refractivity (Wildman–Crippen MR) is 126 cm³/mol. The third kappa shape index (κ3) is 7.71. The van der Waals surface area contributed by atoms with Crippen LogP contribution in [0.5, 0.6) is 5.75 Å². The van der Waals surface area contributed by atoms with Gasteiger partial charge in [0.25, 0.3) is 0 Å². The molecule has 0 heterocycles. The summed E-state index contributed by atoms with van der Waals surface area (Å²) >= 11 is 0. The molecule has 0 fully saturated rings. The second-order valence-corrected chi connectivity index (χ2v) is 10.1. The molecule has 2 rings (SSSR count). The first-order valence-corrected chi connectivity index (χ1v) is 12.2. The molecule has 0 radical (unpaired) electrons. The molecule has 10 heteroatoms. The Kier molecular flexibility index (Phi) is 9.66. The van der Waals surface area contributed by atoms with E-state index in [1.54, 1.807) is 6.92 Å². The summed E-state index contributed by atoms with van der Waals surface area (Å²) in [4.78, 5) is 11.6. The first-order chi connectivity index (χ1) is 15.5. The number of nitrogens with two attached hydrogens (primary N) is 1. The molecule has 1 amide bonds. The molecule has 33 heavy (non-hydrogen) atoms. The van der Waals surface area contributed by atoms with Crippen LogP contribution in [0, 0.1) is 5.92 Å². The van der Waals surface area contributed by atoms with Crippen LogP contribution >= 0.6 is 0 Å². The highest BCUT2D eigenvalue weighted by molar-refractivity contribution is 7.89. The zero-order valence-corrected chi connectivity index (χ0v) is 20.0. The zero-order valence-electron chi connectivity index (χ0n) is 19.1. The van der Waals surface area contributed by atoms with Crippen LogP contribution in [-0.2, 0) is 21.2 Å². The van der Waals surface area contributed by atoms with Gasteiger partial charge < -0.3 is 20.7 Å². The van der Waals surface area contributed by atoms with Crippen molar-refractivity contribution in [1.29, 1.82) is 0 Å². The number of rotatable bonds is 11. The Labute approximate surface area is 195 Å². The maximum Gasteiger partial charge on any atom is 0.411 e. The summed E-state index contributed by atoms with van der Waals surface area (Å²) in [6.07, 6.45) is -1.53. The van der Waals surface area contributed by atoms with E-state index in [0.29, 0.717) is 6.42 Å². The average molecular weight is 480 g/mol. The normalized spacial score (nSPS) is 13.7. The van der Waals surface area contributed by atoms with Crippen molar-refractivity contribution in [1.82, 2.24) is 4.31 Å². The Balaban J connectivity index is 2.26. The quantitative estimate of drug-likeness (QED) is 0.363. The highest BCUT2D eigenvalue weighted by atomic mass is 32.2. The second-order valence-electron chi connectivity index (χ2n) is 8.16. The fraction of sp³-hybridized carbons (Fsp3) is 0.435. The van der Waals surface area contributed by atoms with Crippen molar-refractivity contribution < 1.29 is 28.2 Å².